The van der Waals surface area contributed by atoms with Crippen molar-refractivity contribution in [3.05, 3.63) is 24.5 Å². The number of aromatic nitrogens is 2. The van der Waals surface area contributed by atoms with Gasteiger partial charge >= 0.3 is 0 Å². The molecule has 0 aliphatic rings. The summed E-state index contributed by atoms with van der Waals surface area (Å²) in [6, 6.07) is 0. The molecule has 0 radical (unpaired) electrons. The second-order valence-electron chi connectivity index (χ2n) is 3.42. The summed E-state index contributed by atoms with van der Waals surface area (Å²) in [6.07, 6.45) is 0. The van der Waals surface area contributed by atoms with Crippen LogP contribution in [-0.2, 0) is 0 Å². The molecule has 1 aromatic heterocycles. The Balaban J connectivity index is 0.000000921. The van der Waals surface area contributed by atoms with E-state index in [0.29, 0.717) is 11.6 Å². The zero-order valence-corrected chi connectivity index (χ0v) is 10.3. The highest BCUT2D eigenvalue weighted by molar-refractivity contribution is 5.72. The van der Waals surface area contributed by atoms with Crippen LogP contribution in [0.5, 0.6) is 0 Å². The van der Waals surface area contributed by atoms with E-state index in [-0.39, 0.29) is 0 Å². The Morgan fingerprint density at radius 2 is 1.60 bits per heavy atom. The zero-order valence-electron chi connectivity index (χ0n) is 10.3. The molecule has 0 spiro atoms. The fourth-order valence-electron chi connectivity index (χ4n) is 0.953. The van der Waals surface area contributed by atoms with E-state index in [4.69, 9.17) is 0 Å². The SMILES string of the molecule is C=C(C)c1nonc1C(=C)C(C)C.CC. The lowest BCUT2D eigenvalue weighted by Gasteiger charge is -2.05. The third-order valence-electron chi connectivity index (χ3n) is 1.89. The molecule has 84 valence electrons. The summed E-state index contributed by atoms with van der Waals surface area (Å²) >= 11 is 0. The second-order valence-corrected chi connectivity index (χ2v) is 3.42. The van der Waals surface area contributed by atoms with Crippen LogP contribution >= 0.6 is 0 Å². The first kappa shape index (κ1) is 13.6. The molecule has 0 amide bonds. The van der Waals surface area contributed by atoms with Gasteiger partial charge < -0.3 is 0 Å². The van der Waals surface area contributed by atoms with Crippen molar-refractivity contribution in [2.24, 2.45) is 5.92 Å². The van der Waals surface area contributed by atoms with Crippen LogP contribution in [0.3, 0.4) is 0 Å². The molecule has 3 heteroatoms. The first-order chi connectivity index (χ1) is 7.04. The molecule has 0 aliphatic heterocycles. The summed E-state index contributed by atoms with van der Waals surface area (Å²) in [6.45, 7) is 17.7. The Bertz CT molecular complexity index is 337. The van der Waals surface area contributed by atoms with E-state index in [0.717, 1.165) is 16.8 Å². The Kier molecular flexibility index (Phi) is 5.60. The molecule has 1 aromatic rings. The summed E-state index contributed by atoms with van der Waals surface area (Å²) in [5, 5.41) is 7.58. The van der Waals surface area contributed by atoms with E-state index in [1.807, 2.05) is 20.8 Å². The minimum Gasteiger partial charge on any atom is -0.243 e. The van der Waals surface area contributed by atoms with Crippen LogP contribution < -0.4 is 0 Å². The Morgan fingerprint density at radius 3 is 2.00 bits per heavy atom. The number of rotatable bonds is 3. The Hall–Kier alpha value is -1.38. The normalized spacial score (nSPS) is 9.47. The van der Waals surface area contributed by atoms with Crippen LogP contribution in [0.1, 0.15) is 46.0 Å². The van der Waals surface area contributed by atoms with E-state index in [1.54, 1.807) is 0 Å². The molecule has 1 heterocycles. The molecule has 0 bridgehead atoms. The molecule has 0 fully saturated rings. The fraction of sp³-hybridized carbons (Fsp3) is 0.500. The van der Waals surface area contributed by atoms with E-state index < -0.39 is 0 Å². The lowest BCUT2D eigenvalue weighted by molar-refractivity contribution is 0.304. The van der Waals surface area contributed by atoms with E-state index in [1.165, 1.54) is 0 Å². The van der Waals surface area contributed by atoms with E-state index in [2.05, 4.69) is 41.9 Å². The maximum Gasteiger partial charge on any atom is 0.138 e. The average molecular weight is 208 g/mol. The van der Waals surface area contributed by atoms with Crippen molar-refractivity contribution < 1.29 is 4.63 Å². The topological polar surface area (TPSA) is 38.9 Å². The molecule has 15 heavy (non-hydrogen) atoms. The maximum absolute atomic E-state index is 4.66. The van der Waals surface area contributed by atoms with Gasteiger partial charge in [0.25, 0.3) is 0 Å². The lowest BCUT2D eigenvalue weighted by atomic mass is 9.99. The maximum atomic E-state index is 4.66. The van der Waals surface area contributed by atoms with Crippen molar-refractivity contribution in [2.45, 2.75) is 34.6 Å². The van der Waals surface area contributed by atoms with Gasteiger partial charge in [0, 0.05) is 0 Å². The molecule has 0 aromatic carbocycles. The van der Waals surface area contributed by atoms with Crippen molar-refractivity contribution in [3.63, 3.8) is 0 Å². The molecule has 0 unspecified atom stereocenters. The summed E-state index contributed by atoms with van der Waals surface area (Å²) < 4.78 is 4.66. The standard InChI is InChI=1S/C10H14N2O.C2H6/c1-6(2)8(5)10-9(7(3)4)11-13-12-10;1-2/h6H,3,5H2,1-2,4H3;1-2H3. The molecule has 3 nitrogen and oxygen atoms in total. The average Bonchev–Trinajstić information content (AvgIpc) is 2.68. The first-order valence-corrected chi connectivity index (χ1v) is 5.21. The number of allylic oxidation sites excluding steroid dienone is 2. The molecular weight excluding hydrogens is 188 g/mol. The first-order valence-electron chi connectivity index (χ1n) is 5.21. The van der Waals surface area contributed by atoms with Gasteiger partial charge in [0.05, 0.1) is 0 Å². The highest BCUT2D eigenvalue weighted by Crippen LogP contribution is 2.24. The van der Waals surface area contributed by atoms with Crippen LogP contribution in [0.25, 0.3) is 11.1 Å². The summed E-state index contributed by atoms with van der Waals surface area (Å²) in [5.41, 5.74) is 3.21. The molecular formula is C12H20N2O. The van der Waals surface area contributed by atoms with Gasteiger partial charge in [-0.1, -0.05) is 40.9 Å². The predicted octanol–water partition coefficient (Wildman–Crippen LogP) is 3.80. The smallest absolute Gasteiger partial charge is 0.138 e. The Morgan fingerprint density at radius 1 is 1.13 bits per heavy atom. The fourth-order valence-corrected chi connectivity index (χ4v) is 0.953. The van der Waals surface area contributed by atoms with Gasteiger partial charge in [-0.3, -0.25) is 0 Å². The molecule has 0 saturated heterocycles. The molecule has 0 aliphatic carbocycles. The summed E-state index contributed by atoms with van der Waals surface area (Å²) in [7, 11) is 0. The van der Waals surface area contributed by atoms with Crippen molar-refractivity contribution in [1.82, 2.24) is 10.3 Å². The highest BCUT2D eigenvalue weighted by atomic mass is 16.6. The third-order valence-corrected chi connectivity index (χ3v) is 1.89. The van der Waals surface area contributed by atoms with E-state index >= 15 is 0 Å². The van der Waals surface area contributed by atoms with Crippen LogP contribution in [0.2, 0.25) is 0 Å². The van der Waals surface area contributed by atoms with Crippen molar-refractivity contribution >= 4 is 11.1 Å². The lowest BCUT2D eigenvalue weighted by Crippen LogP contribution is -1.95. The molecule has 0 N–H and O–H groups in total. The van der Waals surface area contributed by atoms with Crippen LogP contribution in [0.15, 0.2) is 17.8 Å². The monoisotopic (exact) mass is 208 g/mol. The van der Waals surface area contributed by atoms with Gasteiger partial charge in [-0.2, -0.15) is 0 Å². The minimum absolute atomic E-state index is 0.338. The van der Waals surface area contributed by atoms with Gasteiger partial charge in [-0.25, -0.2) is 4.63 Å². The van der Waals surface area contributed by atoms with Crippen LogP contribution in [-0.4, -0.2) is 10.3 Å². The van der Waals surface area contributed by atoms with Crippen LogP contribution in [0.4, 0.5) is 0 Å². The number of hydrogen-bond donors (Lipinski definition) is 0. The molecule has 0 atom stereocenters. The number of hydrogen-bond acceptors (Lipinski definition) is 3. The Labute approximate surface area is 91.8 Å². The van der Waals surface area contributed by atoms with Crippen molar-refractivity contribution in [3.8, 4) is 0 Å². The summed E-state index contributed by atoms with van der Waals surface area (Å²) in [5.74, 6) is 0.338. The largest absolute Gasteiger partial charge is 0.243 e. The molecule has 0 saturated carbocycles. The van der Waals surface area contributed by atoms with Gasteiger partial charge in [0.2, 0.25) is 0 Å². The van der Waals surface area contributed by atoms with Crippen molar-refractivity contribution in [2.75, 3.05) is 0 Å². The third kappa shape index (κ3) is 3.35. The minimum atomic E-state index is 0.338. The quantitative estimate of drug-likeness (QED) is 0.758. The van der Waals surface area contributed by atoms with Crippen molar-refractivity contribution in [1.29, 1.82) is 0 Å². The zero-order chi connectivity index (χ0) is 12.0. The van der Waals surface area contributed by atoms with Gasteiger partial charge in [-0.15, -0.1) is 0 Å². The van der Waals surface area contributed by atoms with Gasteiger partial charge in [0.1, 0.15) is 11.4 Å². The van der Waals surface area contributed by atoms with Gasteiger partial charge in [-0.05, 0) is 34.3 Å². The highest BCUT2D eigenvalue weighted by Gasteiger charge is 2.15. The number of nitrogens with zero attached hydrogens (tertiary/aromatic N) is 2. The molecule has 1 rings (SSSR count). The second kappa shape index (κ2) is 6.17. The summed E-state index contributed by atoms with van der Waals surface area (Å²) in [4.78, 5) is 0. The predicted molar refractivity (Wildman–Crippen MR) is 64.2 cm³/mol. The van der Waals surface area contributed by atoms with Gasteiger partial charge in [0.15, 0.2) is 0 Å². The van der Waals surface area contributed by atoms with Crippen LogP contribution in [0, 0.1) is 5.92 Å². The van der Waals surface area contributed by atoms with E-state index in [9.17, 15) is 0 Å².